The van der Waals surface area contributed by atoms with E-state index < -0.39 is 14.7 Å². The molecular formula is C10H9AsCl2. The Morgan fingerprint density at radius 3 is 1.92 bits per heavy atom. The number of benzene rings is 1. The van der Waals surface area contributed by atoms with E-state index in [1.165, 1.54) is 4.35 Å². The Bertz CT molecular complexity index is 281. The molecule has 0 amide bonds. The Morgan fingerprint density at radius 2 is 1.46 bits per heavy atom. The number of hydrogen-bond donors (Lipinski definition) is 0. The zero-order valence-electron chi connectivity index (χ0n) is 6.90. The van der Waals surface area contributed by atoms with Crippen LogP contribution in [0.1, 0.15) is 0 Å². The van der Waals surface area contributed by atoms with E-state index in [2.05, 4.69) is 12.1 Å². The molecule has 0 aliphatic rings. The van der Waals surface area contributed by atoms with Crippen LogP contribution in [0.2, 0.25) is 0 Å². The third-order valence-electron chi connectivity index (χ3n) is 1.49. The average molecular weight is 275 g/mol. The molecule has 0 aliphatic carbocycles. The Hall–Kier alpha value is -0.162. The fourth-order valence-electron chi connectivity index (χ4n) is 0.943. The fraction of sp³-hybridized carbons (Fsp3) is 0. The van der Waals surface area contributed by atoms with Crippen LogP contribution in [0.5, 0.6) is 0 Å². The van der Waals surface area contributed by atoms with Gasteiger partial charge in [-0.15, -0.1) is 0 Å². The molecule has 0 atom stereocenters. The van der Waals surface area contributed by atoms with Crippen LogP contribution in [0.15, 0.2) is 51.1 Å². The molecule has 0 radical (unpaired) electrons. The normalized spacial score (nSPS) is 11.9. The molecule has 0 aliphatic heterocycles. The summed E-state index contributed by atoms with van der Waals surface area (Å²) in [5.41, 5.74) is 3.15. The number of halogens is 2. The van der Waals surface area contributed by atoms with Gasteiger partial charge >= 0.3 is 93.3 Å². The fourth-order valence-corrected chi connectivity index (χ4v) is 4.73. The molecule has 0 spiro atoms. The van der Waals surface area contributed by atoms with Crippen LogP contribution >= 0.6 is 23.2 Å². The SMILES string of the molecule is Cl/C=C/[As](/C=C/Cl)c1ccccc1. The van der Waals surface area contributed by atoms with Crippen LogP contribution in [-0.4, -0.2) is 14.7 Å². The third-order valence-corrected chi connectivity index (χ3v) is 6.36. The number of hydrogen-bond acceptors (Lipinski definition) is 0. The van der Waals surface area contributed by atoms with Crippen molar-refractivity contribution in [1.29, 1.82) is 0 Å². The summed E-state index contributed by atoms with van der Waals surface area (Å²) < 4.78 is 1.32. The Labute approximate surface area is 93.1 Å². The molecule has 13 heavy (non-hydrogen) atoms. The van der Waals surface area contributed by atoms with Crippen molar-refractivity contribution in [3.8, 4) is 0 Å². The van der Waals surface area contributed by atoms with Gasteiger partial charge in [0.25, 0.3) is 0 Å². The van der Waals surface area contributed by atoms with Gasteiger partial charge in [-0.3, -0.25) is 0 Å². The Balaban J connectivity index is 2.88. The van der Waals surface area contributed by atoms with E-state index in [9.17, 15) is 0 Å². The van der Waals surface area contributed by atoms with Gasteiger partial charge in [0.15, 0.2) is 0 Å². The van der Waals surface area contributed by atoms with Crippen LogP contribution < -0.4 is 4.35 Å². The van der Waals surface area contributed by atoms with Crippen molar-refractivity contribution in [1.82, 2.24) is 0 Å². The van der Waals surface area contributed by atoms with Gasteiger partial charge in [0, 0.05) is 0 Å². The summed E-state index contributed by atoms with van der Waals surface area (Å²) in [7, 11) is 0. The number of rotatable bonds is 3. The van der Waals surface area contributed by atoms with E-state index in [0.717, 1.165) is 0 Å². The summed E-state index contributed by atoms with van der Waals surface area (Å²) in [5.74, 6) is 0. The van der Waals surface area contributed by atoms with Crippen LogP contribution in [0.25, 0.3) is 0 Å². The van der Waals surface area contributed by atoms with Gasteiger partial charge in [0.1, 0.15) is 0 Å². The minimum atomic E-state index is -1.29. The molecule has 0 saturated carbocycles. The molecule has 0 bridgehead atoms. The van der Waals surface area contributed by atoms with Crippen LogP contribution in [0.3, 0.4) is 0 Å². The summed E-state index contributed by atoms with van der Waals surface area (Å²) in [6.45, 7) is 0. The standard InChI is InChI=1S/C10H9AsCl2/c12-8-6-11(7-9-13)10-4-2-1-3-5-10/h1-9H/b8-6+,9-7+. The first-order valence-electron chi connectivity index (χ1n) is 3.75. The van der Waals surface area contributed by atoms with E-state index in [1.807, 2.05) is 27.9 Å². The topological polar surface area (TPSA) is 0 Å². The van der Waals surface area contributed by atoms with Crippen molar-refractivity contribution >= 4 is 42.2 Å². The first-order valence-corrected chi connectivity index (χ1v) is 7.73. The molecule has 1 aromatic rings. The monoisotopic (exact) mass is 274 g/mol. The second-order valence-corrected chi connectivity index (χ2v) is 6.84. The quantitative estimate of drug-likeness (QED) is 0.744. The van der Waals surface area contributed by atoms with Gasteiger partial charge in [-0.25, -0.2) is 0 Å². The average Bonchev–Trinajstić information content (AvgIpc) is 2.19. The molecule has 3 heteroatoms. The Kier molecular flexibility index (Phi) is 5.30. The summed E-state index contributed by atoms with van der Waals surface area (Å²) in [6.07, 6.45) is 0. The molecule has 68 valence electrons. The molecule has 0 unspecified atom stereocenters. The molecule has 0 aromatic heterocycles. The van der Waals surface area contributed by atoms with Gasteiger partial charge < -0.3 is 0 Å². The molecule has 0 N–H and O–H groups in total. The summed E-state index contributed by atoms with van der Waals surface area (Å²) in [6, 6.07) is 10.3. The van der Waals surface area contributed by atoms with Crippen molar-refractivity contribution in [2.45, 2.75) is 0 Å². The zero-order chi connectivity index (χ0) is 9.52. The van der Waals surface area contributed by atoms with E-state index in [0.29, 0.717) is 0 Å². The molecular weight excluding hydrogens is 266 g/mol. The minimum absolute atomic E-state index is 1.29. The van der Waals surface area contributed by atoms with Crippen LogP contribution in [-0.2, 0) is 0 Å². The first kappa shape index (κ1) is 10.9. The van der Waals surface area contributed by atoms with E-state index in [4.69, 9.17) is 23.2 Å². The van der Waals surface area contributed by atoms with E-state index in [-0.39, 0.29) is 0 Å². The molecule has 0 nitrogen and oxygen atoms in total. The summed E-state index contributed by atoms with van der Waals surface area (Å²) in [4.78, 5) is 4.06. The van der Waals surface area contributed by atoms with E-state index in [1.54, 1.807) is 11.1 Å². The summed E-state index contributed by atoms with van der Waals surface area (Å²) in [5, 5.41) is 0. The summed E-state index contributed by atoms with van der Waals surface area (Å²) >= 11 is 9.84. The maximum atomic E-state index is 5.56. The van der Waals surface area contributed by atoms with E-state index >= 15 is 0 Å². The van der Waals surface area contributed by atoms with Gasteiger partial charge in [-0.05, 0) is 0 Å². The third kappa shape index (κ3) is 3.60. The van der Waals surface area contributed by atoms with Crippen LogP contribution in [0, 0.1) is 0 Å². The zero-order valence-corrected chi connectivity index (χ0v) is 10.3. The predicted molar refractivity (Wildman–Crippen MR) is 61.8 cm³/mol. The van der Waals surface area contributed by atoms with Crippen LogP contribution in [0.4, 0.5) is 0 Å². The van der Waals surface area contributed by atoms with Crippen molar-refractivity contribution in [3.05, 3.63) is 51.1 Å². The van der Waals surface area contributed by atoms with Gasteiger partial charge in [-0.2, -0.15) is 0 Å². The molecule has 1 aromatic carbocycles. The first-order chi connectivity index (χ1) is 6.38. The molecule has 0 fully saturated rings. The van der Waals surface area contributed by atoms with Gasteiger partial charge in [0.2, 0.25) is 0 Å². The predicted octanol–water partition coefficient (Wildman–Crippen LogP) is 2.97. The van der Waals surface area contributed by atoms with Crippen molar-refractivity contribution in [2.75, 3.05) is 0 Å². The molecule has 1 rings (SSSR count). The van der Waals surface area contributed by atoms with Crippen molar-refractivity contribution in [3.63, 3.8) is 0 Å². The Morgan fingerprint density at radius 1 is 0.923 bits per heavy atom. The second-order valence-electron chi connectivity index (χ2n) is 2.29. The maximum absolute atomic E-state index is 5.56. The molecule has 0 saturated heterocycles. The van der Waals surface area contributed by atoms with Gasteiger partial charge in [-0.1, -0.05) is 0 Å². The van der Waals surface area contributed by atoms with Crippen molar-refractivity contribution < 1.29 is 0 Å². The molecule has 0 heterocycles. The van der Waals surface area contributed by atoms with Gasteiger partial charge in [0.05, 0.1) is 0 Å². The van der Waals surface area contributed by atoms with Crippen molar-refractivity contribution in [2.24, 2.45) is 0 Å². The second kappa shape index (κ2) is 6.32.